The van der Waals surface area contributed by atoms with Crippen molar-refractivity contribution in [3.05, 3.63) is 36.2 Å². The number of nitrogens with one attached hydrogen (secondary N) is 1. The minimum absolute atomic E-state index is 0.104. The molecule has 1 heterocycles. The van der Waals surface area contributed by atoms with Crippen molar-refractivity contribution in [2.75, 3.05) is 0 Å². The first kappa shape index (κ1) is 12.9. The number of aliphatic carboxylic acids is 1. The summed E-state index contributed by atoms with van der Waals surface area (Å²) in [5, 5.41) is 11.4. The van der Waals surface area contributed by atoms with E-state index in [2.05, 4.69) is 15.3 Å². The Hall–Kier alpha value is -2.50. The summed E-state index contributed by atoms with van der Waals surface area (Å²) in [6.07, 6.45) is 1.63. The second-order valence-corrected chi connectivity index (χ2v) is 4.15. The third kappa shape index (κ3) is 3.25. The van der Waals surface area contributed by atoms with E-state index in [1.807, 2.05) is 18.2 Å². The van der Waals surface area contributed by atoms with E-state index < -0.39 is 12.0 Å². The highest BCUT2D eigenvalue weighted by Gasteiger charge is 2.19. The lowest BCUT2D eigenvalue weighted by Gasteiger charge is -2.12. The molecule has 2 N–H and O–H groups in total. The molecule has 0 spiro atoms. The molecule has 0 aliphatic rings. The molecule has 1 aromatic heterocycles. The largest absolute Gasteiger partial charge is 0.480 e. The maximum absolute atomic E-state index is 11.0. The molecular weight excluding hydrogens is 246 g/mol. The van der Waals surface area contributed by atoms with E-state index in [4.69, 9.17) is 5.11 Å². The van der Waals surface area contributed by atoms with Crippen LogP contribution in [0, 0.1) is 0 Å². The Kier molecular flexibility index (Phi) is 3.70. The van der Waals surface area contributed by atoms with Crippen LogP contribution in [0.15, 0.2) is 30.5 Å². The minimum Gasteiger partial charge on any atom is -0.480 e. The Labute approximate surface area is 109 Å². The molecule has 0 unspecified atom stereocenters. The number of hydrogen-bond donors (Lipinski definition) is 2. The second-order valence-electron chi connectivity index (χ2n) is 4.15. The zero-order valence-electron chi connectivity index (χ0n) is 10.3. The van der Waals surface area contributed by atoms with Crippen LogP contribution in [0.25, 0.3) is 11.0 Å². The highest BCUT2D eigenvalue weighted by molar-refractivity contribution is 5.82. The van der Waals surface area contributed by atoms with E-state index in [1.54, 1.807) is 6.07 Å². The van der Waals surface area contributed by atoms with Crippen LogP contribution >= 0.6 is 0 Å². The fourth-order valence-electron chi connectivity index (χ4n) is 1.75. The van der Waals surface area contributed by atoms with Gasteiger partial charge in [0.15, 0.2) is 0 Å². The first-order chi connectivity index (χ1) is 9.06. The fraction of sp³-hybridized carbons (Fsp3) is 0.231. The maximum atomic E-state index is 11.0. The van der Waals surface area contributed by atoms with Crippen molar-refractivity contribution >= 4 is 22.9 Å². The van der Waals surface area contributed by atoms with Gasteiger partial charge >= 0.3 is 5.97 Å². The molecule has 2 aromatic rings. The molecule has 19 heavy (non-hydrogen) atoms. The zero-order valence-corrected chi connectivity index (χ0v) is 10.3. The molecule has 0 bridgehead atoms. The third-order valence-electron chi connectivity index (χ3n) is 2.59. The van der Waals surface area contributed by atoms with Gasteiger partial charge in [-0.1, -0.05) is 12.1 Å². The van der Waals surface area contributed by atoms with Crippen LogP contribution in [0.4, 0.5) is 0 Å². The van der Waals surface area contributed by atoms with Crippen LogP contribution < -0.4 is 5.32 Å². The molecule has 0 saturated carbocycles. The predicted octanol–water partition coefficient (Wildman–Crippen LogP) is 0.762. The van der Waals surface area contributed by atoms with Gasteiger partial charge in [0, 0.05) is 19.5 Å². The summed E-state index contributed by atoms with van der Waals surface area (Å²) in [5.41, 5.74) is 1.98. The Morgan fingerprint density at radius 1 is 1.32 bits per heavy atom. The summed E-state index contributed by atoms with van der Waals surface area (Å²) in [6, 6.07) is 6.33. The molecule has 0 aliphatic carbocycles. The standard InChI is InChI=1S/C13H13N3O3/c1-8(17)15-12(13(18)19)6-9-7-14-10-4-2-3-5-11(10)16-9/h2-5,7,12H,6H2,1H3,(H,15,17)(H,18,19)/t12-/m0/s1. The molecule has 2 rings (SSSR count). The van der Waals surface area contributed by atoms with Gasteiger partial charge in [-0.25, -0.2) is 9.78 Å². The number of carboxylic acids is 1. The van der Waals surface area contributed by atoms with Crippen molar-refractivity contribution in [1.29, 1.82) is 0 Å². The number of rotatable bonds is 4. The number of carbonyl (C=O) groups is 2. The number of aromatic nitrogens is 2. The topological polar surface area (TPSA) is 92.2 Å². The number of carbonyl (C=O) groups excluding carboxylic acids is 1. The van der Waals surface area contributed by atoms with Gasteiger partial charge in [0.2, 0.25) is 5.91 Å². The van der Waals surface area contributed by atoms with Crippen molar-refractivity contribution < 1.29 is 14.7 Å². The number of hydrogen-bond acceptors (Lipinski definition) is 4. The summed E-state index contributed by atoms with van der Waals surface area (Å²) >= 11 is 0. The monoisotopic (exact) mass is 259 g/mol. The molecule has 6 nitrogen and oxygen atoms in total. The number of amides is 1. The molecule has 0 radical (unpaired) electrons. The molecule has 0 saturated heterocycles. The van der Waals surface area contributed by atoms with E-state index in [9.17, 15) is 9.59 Å². The Morgan fingerprint density at radius 3 is 2.63 bits per heavy atom. The molecular formula is C13H13N3O3. The molecule has 6 heteroatoms. The van der Waals surface area contributed by atoms with Crippen LogP contribution in [0.5, 0.6) is 0 Å². The third-order valence-corrected chi connectivity index (χ3v) is 2.59. The van der Waals surface area contributed by atoms with E-state index in [0.717, 1.165) is 5.52 Å². The lowest BCUT2D eigenvalue weighted by Crippen LogP contribution is -2.41. The molecule has 0 aliphatic heterocycles. The Morgan fingerprint density at radius 2 is 2.00 bits per heavy atom. The van der Waals surface area contributed by atoms with Crippen molar-refractivity contribution in [1.82, 2.24) is 15.3 Å². The van der Waals surface area contributed by atoms with Crippen molar-refractivity contribution in [3.63, 3.8) is 0 Å². The van der Waals surface area contributed by atoms with Crippen LogP contribution in [0.3, 0.4) is 0 Å². The van der Waals surface area contributed by atoms with Gasteiger partial charge in [-0.3, -0.25) is 9.78 Å². The van der Waals surface area contributed by atoms with Crippen LogP contribution in [-0.2, 0) is 16.0 Å². The minimum atomic E-state index is -1.09. The van der Waals surface area contributed by atoms with Gasteiger partial charge in [-0.05, 0) is 12.1 Å². The van der Waals surface area contributed by atoms with Crippen molar-refractivity contribution in [3.8, 4) is 0 Å². The molecule has 98 valence electrons. The van der Waals surface area contributed by atoms with Gasteiger partial charge < -0.3 is 10.4 Å². The average molecular weight is 259 g/mol. The number of fused-ring (bicyclic) bond motifs is 1. The highest BCUT2D eigenvalue weighted by Crippen LogP contribution is 2.09. The van der Waals surface area contributed by atoms with Gasteiger partial charge in [0.1, 0.15) is 6.04 Å². The predicted molar refractivity (Wildman–Crippen MR) is 68.5 cm³/mol. The van der Waals surface area contributed by atoms with Gasteiger partial charge in [-0.15, -0.1) is 0 Å². The lowest BCUT2D eigenvalue weighted by atomic mass is 10.1. The van der Waals surface area contributed by atoms with Crippen LogP contribution in [-0.4, -0.2) is 33.0 Å². The summed E-state index contributed by atoms with van der Waals surface area (Å²) in [7, 11) is 0. The molecule has 1 atom stereocenters. The summed E-state index contributed by atoms with van der Waals surface area (Å²) in [4.78, 5) is 30.5. The second kappa shape index (κ2) is 5.43. The number of nitrogens with zero attached hydrogens (tertiary/aromatic N) is 2. The molecule has 0 fully saturated rings. The fourth-order valence-corrected chi connectivity index (χ4v) is 1.75. The average Bonchev–Trinajstić information content (AvgIpc) is 2.37. The number of benzene rings is 1. The van der Waals surface area contributed by atoms with Crippen molar-refractivity contribution in [2.24, 2.45) is 0 Å². The van der Waals surface area contributed by atoms with Gasteiger partial charge in [0.05, 0.1) is 16.7 Å². The smallest absolute Gasteiger partial charge is 0.326 e. The number of para-hydroxylation sites is 2. The SMILES string of the molecule is CC(=O)N[C@@H](Cc1cnc2ccccc2n1)C(=O)O. The number of carboxylic acid groups (broad SMARTS) is 1. The van der Waals surface area contributed by atoms with Crippen LogP contribution in [0.2, 0.25) is 0 Å². The van der Waals surface area contributed by atoms with Gasteiger partial charge in [-0.2, -0.15) is 0 Å². The van der Waals surface area contributed by atoms with Gasteiger partial charge in [0.25, 0.3) is 0 Å². The zero-order chi connectivity index (χ0) is 13.8. The quantitative estimate of drug-likeness (QED) is 0.845. The Balaban J connectivity index is 2.23. The van der Waals surface area contributed by atoms with Crippen molar-refractivity contribution in [2.45, 2.75) is 19.4 Å². The van der Waals surface area contributed by atoms with Crippen LogP contribution in [0.1, 0.15) is 12.6 Å². The first-order valence-electron chi connectivity index (χ1n) is 5.77. The normalized spacial score (nSPS) is 12.1. The Bertz CT molecular complexity index is 627. The highest BCUT2D eigenvalue weighted by atomic mass is 16.4. The molecule has 1 amide bonds. The molecule has 1 aromatic carbocycles. The van der Waals surface area contributed by atoms with E-state index in [-0.39, 0.29) is 12.3 Å². The summed E-state index contributed by atoms with van der Waals surface area (Å²) in [5.74, 6) is -1.48. The van der Waals surface area contributed by atoms with E-state index in [1.165, 1.54) is 13.1 Å². The summed E-state index contributed by atoms with van der Waals surface area (Å²) in [6.45, 7) is 1.28. The first-order valence-corrected chi connectivity index (χ1v) is 5.77. The lowest BCUT2D eigenvalue weighted by molar-refractivity contribution is -0.141. The van der Waals surface area contributed by atoms with E-state index >= 15 is 0 Å². The van der Waals surface area contributed by atoms with E-state index in [0.29, 0.717) is 11.2 Å². The maximum Gasteiger partial charge on any atom is 0.326 e. The summed E-state index contributed by atoms with van der Waals surface area (Å²) < 4.78 is 0.